The molecule has 1 aromatic carbocycles. The van der Waals surface area contributed by atoms with Crippen LogP contribution in [0.4, 0.5) is 5.69 Å². The lowest BCUT2D eigenvalue weighted by atomic mass is 10.1. The van der Waals surface area contributed by atoms with Gasteiger partial charge >= 0.3 is 0 Å². The summed E-state index contributed by atoms with van der Waals surface area (Å²) in [4.78, 5) is 17.4. The van der Waals surface area contributed by atoms with Gasteiger partial charge in [0.2, 0.25) is 5.91 Å². The lowest BCUT2D eigenvalue weighted by molar-refractivity contribution is -0.120. The average molecular weight is 331 g/mol. The number of likely N-dealkylation sites (tertiary alicyclic amines) is 1. The summed E-state index contributed by atoms with van der Waals surface area (Å²) in [7, 11) is 2.06. The number of rotatable bonds is 4. The first-order valence-corrected chi connectivity index (χ1v) is 9.13. The van der Waals surface area contributed by atoms with Gasteiger partial charge in [-0.1, -0.05) is 31.0 Å². The minimum atomic E-state index is -0.0102. The normalized spacial score (nSPS) is 23.6. The Bertz CT molecular complexity index is 543. The Morgan fingerprint density at radius 2 is 1.96 bits per heavy atom. The summed E-state index contributed by atoms with van der Waals surface area (Å²) in [5.74, 6) is 0.133. The number of nitrogens with zero attached hydrogens (tertiary/aromatic N) is 2. The number of hydrogen-bond acceptors (Lipinski definition) is 4. The van der Waals surface area contributed by atoms with Gasteiger partial charge in [0.05, 0.1) is 19.3 Å². The van der Waals surface area contributed by atoms with E-state index in [4.69, 9.17) is 4.74 Å². The van der Waals surface area contributed by atoms with Crippen molar-refractivity contribution in [2.24, 2.45) is 0 Å². The van der Waals surface area contributed by atoms with E-state index in [1.54, 1.807) is 0 Å². The van der Waals surface area contributed by atoms with Crippen molar-refractivity contribution in [1.82, 2.24) is 9.80 Å². The van der Waals surface area contributed by atoms with Crippen LogP contribution in [-0.2, 0) is 16.1 Å². The summed E-state index contributed by atoms with van der Waals surface area (Å²) < 4.78 is 5.42. The van der Waals surface area contributed by atoms with E-state index in [1.165, 1.54) is 18.4 Å². The van der Waals surface area contributed by atoms with Gasteiger partial charge < -0.3 is 10.1 Å². The monoisotopic (exact) mass is 331 g/mol. The predicted molar refractivity (Wildman–Crippen MR) is 96.1 cm³/mol. The first kappa shape index (κ1) is 17.4. The molecule has 1 atom stereocenters. The molecule has 2 aliphatic rings. The van der Waals surface area contributed by atoms with Crippen molar-refractivity contribution in [3.05, 3.63) is 29.8 Å². The molecule has 1 N–H and O–H groups in total. The summed E-state index contributed by atoms with van der Waals surface area (Å²) in [6, 6.07) is 8.16. The van der Waals surface area contributed by atoms with Gasteiger partial charge in [-0.15, -0.1) is 0 Å². The second-order valence-corrected chi connectivity index (χ2v) is 6.88. The first-order chi connectivity index (χ1) is 11.7. The van der Waals surface area contributed by atoms with Crippen LogP contribution in [0.3, 0.4) is 0 Å². The third kappa shape index (κ3) is 4.56. The van der Waals surface area contributed by atoms with Crippen molar-refractivity contribution in [3.63, 3.8) is 0 Å². The topological polar surface area (TPSA) is 44.8 Å². The number of carbonyl (C=O) groups excluding carboxylic acids is 1. The standard InChI is InChI=1S/C19H29N3O2/c1-21-10-6-2-3-9-18(21)19(23)20-17-8-5-4-7-16(17)15-22-11-13-24-14-12-22/h4-5,7-8,18H,2-3,6,9-15H2,1H3,(H,20,23). The third-order valence-electron chi connectivity index (χ3n) is 5.10. The van der Waals surface area contributed by atoms with E-state index in [1.807, 2.05) is 18.2 Å². The van der Waals surface area contributed by atoms with Crippen LogP contribution in [-0.4, -0.2) is 61.6 Å². The molecule has 0 aliphatic carbocycles. The molecule has 0 aromatic heterocycles. The number of morpholine rings is 1. The summed E-state index contributed by atoms with van der Waals surface area (Å²) in [6.07, 6.45) is 4.50. The Labute approximate surface area is 145 Å². The van der Waals surface area contributed by atoms with Gasteiger partial charge in [0, 0.05) is 25.3 Å². The molecule has 1 unspecified atom stereocenters. The van der Waals surface area contributed by atoms with E-state index in [2.05, 4.69) is 28.2 Å². The van der Waals surface area contributed by atoms with E-state index in [-0.39, 0.29) is 11.9 Å². The molecule has 2 heterocycles. The fourth-order valence-electron chi connectivity index (χ4n) is 3.58. The van der Waals surface area contributed by atoms with E-state index in [0.717, 1.165) is 57.9 Å². The highest BCUT2D eigenvalue weighted by atomic mass is 16.5. The number of para-hydroxylation sites is 1. The van der Waals surface area contributed by atoms with Crippen molar-refractivity contribution < 1.29 is 9.53 Å². The predicted octanol–water partition coefficient (Wildman–Crippen LogP) is 2.33. The number of hydrogen-bond donors (Lipinski definition) is 1. The molecule has 0 saturated carbocycles. The van der Waals surface area contributed by atoms with E-state index in [0.29, 0.717) is 0 Å². The maximum Gasteiger partial charge on any atom is 0.241 e. The van der Waals surface area contributed by atoms with Crippen molar-refractivity contribution in [1.29, 1.82) is 0 Å². The smallest absolute Gasteiger partial charge is 0.241 e. The van der Waals surface area contributed by atoms with Crippen LogP contribution in [0.5, 0.6) is 0 Å². The molecule has 1 aromatic rings. The summed E-state index contributed by atoms with van der Waals surface area (Å²) in [6.45, 7) is 5.36. The highest BCUT2D eigenvalue weighted by molar-refractivity contribution is 5.95. The van der Waals surface area contributed by atoms with Gasteiger partial charge in [-0.05, 0) is 38.1 Å². The zero-order valence-corrected chi connectivity index (χ0v) is 14.7. The van der Waals surface area contributed by atoms with Crippen LogP contribution in [0.1, 0.15) is 31.2 Å². The molecule has 1 amide bonds. The lowest BCUT2D eigenvalue weighted by Crippen LogP contribution is -2.41. The van der Waals surface area contributed by atoms with Gasteiger partial charge in [0.25, 0.3) is 0 Å². The molecule has 2 saturated heterocycles. The van der Waals surface area contributed by atoms with Gasteiger partial charge in [-0.2, -0.15) is 0 Å². The quantitative estimate of drug-likeness (QED) is 0.920. The fourth-order valence-corrected chi connectivity index (χ4v) is 3.58. The van der Waals surface area contributed by atoms with Crippen molar-refractivity contribution >= 4 is 11.6 Å². The van der Waals surface area contributed by atoms with Crippen LogP contribution in [0.25, 0.3) is 0 Å². The Morgan fingerprint density at radius 3 is 2.79 bits per heavy atom. The Hall–Kier alpha value is -1.43. The van der Waals surface area contributed by atoms with Crippen LogP contribution >= 0.6 is 0 Å². The number of benzene rings is 1. The maximum atomic E-state index is 12.8. The lowest BCUT2D eigenvalue weighted by Gasteiger charge is -2.28. The summed E-state index contributed by atoms with van der Waals surface area (Å²) >= 11 is 0. The third-order valence-corrected chi connectivity index (χ3v) is 5.10. The van der Waals surface area contributed by atoms with Crippen molar-refractivity contribution in [2.75, 3.05) is 45.2 Å². The molecule has 0 bridgehead atoms. The van der Waals surface area contributed by atoms with E-state index in [9.17, 15) is 4.79 Å². The SMILES string of the molecule is CN1CCCCCC1C(=O)Nc1ccccc1CN1CCOCC1. The fraction of sp³-hybridized carbons (Fsp3) is 0.632. The largest absolute Gasteiger partial charge is 0.379 e. The summed E-state index contributed by atoms with van der Waals surface area (Å²) in [5.41, 5.74) is 2.13. The van der Waals surface area contributed by atoms with Crippen LogP contribution < -0.4 is 5.32 Å². The number of nitrogens with one attached hydrogen (secondary N) is 1. The molecular formula is C19H29N3O2. The minimum Gasteiger partial charge on any atom is -0.379 e. The second kappa shape index (κ2) is 8.60. The number of likely N-dealkylation sites (N-methyl/N-ethyl adjacent to an activating group) is 1. The highest BCUT2D eigenvalue weighted by Crippen LogP contribution is 2.21. The van der Waals surface area contributed by atoms with Crippen molar-refractivity contribution in [3.8, 4) is 0 Å². The van der Waals surface area contributed by atoms with Crippen LogP contribution in [0.2, 0.25) is 0 Å². The molecule has 24 heavy (non-hydrogen) atoms. The molecule has 3 rings (SSSR count). The Kier molecular flexibility index (Phi) is 6.24. The molecular weight excluding hydrogens is 302 g/mol. The zero-order valence-electron chi connectivity index (χ0n) is 14.7. The molecule has 0 radical (unpaired) electrons. The van der Waals surface area contributed by atoms with Crippen LogP contribution in [0.15, 0.2) is 24.3 Å². The number of amides is 1. The number of ether oxygens (including phenoxy) is 1. The van der Waals surface area contributed by atoms with Gasteiger partial charge in [0.1, 0.15) is 0 Å². The molecule has 0 spiro atoms. The number of anilines is 1. The Morgan fingerprint density at radius 1 is 1.17 bits per heavy atom. The number of carbonyl (C=O) groups is 1. The zero-order chi connectivity index (χ0) is 16.8. The van der Waals surface area contributed by atoms with Crippen molar-refractivity contribution in [2.45, 2.75) is 38.3 Å². The Balaban J connectivity index is 1.66. The molecule has 132 valence electrons. The molecule has 2 aliphatic heterocycles. The van der Waals surface area contributed by atoms with Gasteiger partial charge in [-0.3, -0.25) is 14.6 Å². The average Bonchev–Trinajstić information content (AvgIpc) is 2.82. The van der Waals surface area contributed by atoms with E-state index < -0.39 is 0 Å². The minimum absolute atomic E-state index is 0.0102. The highest BCUT2D eigenvalue weighted by Gasteiger charge is 2.25. The second-order valence-electron chi connectivity index (χ2n) is 6.88. The molecule has 5 heteroatoms. The molecule has 5 nitrogen and oxygen atoms in total. The van der Waals surface area contributed by atoms with Gasteiger partial charge in [-0.25, -0.2) is 0 Å². The molecule has 2 fully saturated rings. The van der Waals surface area contributed by atoms with Crippen LogP contribution in [0, 0.1) is 0 Å². The summed E-state index contributed by atoms with van der Waals surface area (Å²) in [5, 5.41) is 3.19. The first-order valence-electron chi connectivity index (χ1n) is 9.13. The van der Waals surface area contributed by atoms with Gasteiger partial charge in [0.15, 0.2) is 0 Å². The van der Waals surface area contributed by atoms with E-state index >= 15 is 0 Å². The maximum absolute atomic E-state index is 12.8.